The molecule has 0 aliphatic carbocycles. The van der Waals surface area contributed by atoms with Gasteiger partial charge in [-0.1, -0.05) is 18.7 Å². The molecule has 0 radical (unpaired) electrons. The monoisotopic (exact) mass is 248 g/mol. The largest absolute Gasteiger partial charge is 0.388 e. The number of ether oxygens (including phenoxy) is 1. The van der Waals surface area contributed by atoms with E-state index in [1.807, 2.05) is 0 Å². The van der Waals surface area contributed by atoms with Gasteiger partial charge in [-0.15, -0.1) is 0 Å². The Labute approximate surface area is 97.8 Å². The first kappa shape index (κ1) is 12.3. The van der Waals surface area contributed by atoms with Crippen LogP contribution in [0, 0.1) is 5.92 Å². The fourth-order valence-corrected chi connectivity index (χ4v) is 3.21. The van der Waals surface area contributed by atoms with Crippen molar-refractivity contribution in [3.8, 4) is 0 Å². The Bertz CT molecular complexity index is 284. The van der Waals surface area contributed by atoms with Gasteiger partial charge >= 0.3 is 0 Å². The first-order chi connectivity index (χ1) is 7.50. The first-order valence-corrected chi connectivity index (χ1v) is 6.34. The Hall–Kier alpha value is -0.140. The second-order valence-electron chi connectivity index (χ2n) is 4.48. The van der Waals surface area contributed by atoms with Gasteiger partial charge < -0.3 is 20.1 Å². The molecule has 0 aromatic heterocycles. The summed E-state index contributed by atoms with van der Waals surface area (Å²) >= 11 is 1.11. The van der Waals surface area contributed by atoms with Gasteiger partial charge in [0, 0.05) is 12.2 Å². The number of fused-ring (bicyclic) bond motifs is 2. The van der Waals surface area contributed by atoms with Gasteiger partial charge in [0.15, 0.2) is 5.12 Å². The van der Waals surface area contributed by atoms with Crippen molar-refractivity contribution >= 4 is 16.9 Å². The third kappa shape index (κ3) is 2.12. The fourth-order valence-electron chi connectivity index (χ4n) is 2.20. The van der Waals surface area contributed by atoms with Crippen molar-refractivity contribution in [2.75, 3.05) is 5.75 Å². The third-order valence-electron chi connectivity index (χ3n) is 3.21. The van der Waals surface area contributed by atoms with Crippen LogP contribution in [0.25, 0.3) is 0 Å². The summed E-state index contributed by atoms with van der Waals surface area (Å²) in [5.41, 5.74) is 0. The molecule has 2 bridgehead atoms. The van der Waals surface area contributed by atoms with Crippen LogP contribution in [0.3, 0.4) is 0 Å². The van der Waals surface area contributed by atoms with Crippen LogP contribution < -0.4 is 0 Å². The predicted octanol–water partition coefficient (Wildman–Crippen LogP) is -0.864. The first-order valence-electron chi connectivity index (χ1n) is 5.36. The van der Waals surface area contributed by atoms with E-state index in [4.69, 9.17) is 4.74 Å². The standard InChI is InChI=1S/C10H16O5S/c1-4-2-6(11)16-3-5-7(12)8(13)9(14)10(4)15-5/h4-5,7-10,12-14H,2-3H2,1H3/t4?,5?,7-,8?,9?,10-/m0/s1. The molecular formula is C10H16O5S. The van der Waals surface area contributed by atoms with E-state index in [0.717, 1.165) is 11.8 Å². The molecule has 0 aromatic carbocycles. The number of rotatable bonds is 0. The van der Waals surface area contributed by atoms with Crippen LogP contribution >= 0.6 is 11.8 Å². The van der Waals surface area contributed by atoms with E-state index >= 15 is 0 Å². The van der Waals surface area contributed by atoms with Crippen molar-refractivity contribution in [2.24, 2.45) is 5.92 Å². The average molecular weight is 248 g/mol. The van der Waals surface area contributed by atoms with Crippen LogP contribution in [-0.4, -0.2) is 56.7 Å². The van der Waals surface area contributed by atoms with E-state index in [0.29, 0.717) is 12.2 Å². The zero-order chi connectivity index (χ0) is 11.9. The average Bonchev–Trinajstić information content (AvgIpc) is 2.22. The number of aliphatic hydroxyl groups excluding tert-OH is 3. The van der Waals surface area contributed by atoms with E-state index in [2.05, 4.69) is 0 Å². The van der Waals surface area contributed by atoms with Crippen molar-refractivity contribution in [3.05, 3.63) is 0 Å². The SMILES string of the molecule is CC1CC(=O)SCC2O[C@@H]1C(O)C(O)[C@H]2O. The lowest BCUT2D eigenvalue weighted by molar-refractivity contribution is -0.227. The molecular weight excluding hydrogens is 232 g/mol. The topological polar surface area (TPSA) is 87.0 Å². The predicted molar refractivity (Wildman–Crippen MR) is 57.9 cm³/mol. The van der Waals surface area contributed by atoms with E-state index in [-0.39, 0.29) is 11.0 Å². The van der Waals surface area contributed by atoms with Gasteiger partial charge in [-0.05, 0) is 5.92 Å². The molecule has 2 heterocycles. The number of carbonyl (C=O) groups is 1. The molecule has 2 saturated heterocycles. The molecule has 2 fully saturated rings. The van der Waals surface area contributed by atoms with Crippen LogP contribution in [0.4, 0.5) is 0 Å². The molecule has 16 heavy (non-hydrogen) atoms. The van der Waals surface area contributed by atoms with Crippen LogP contribution in [0.5, 0.6) is 0 Å². The van der Waals surface area contributed by atoms with Crippen LogP contribution in [0.2, 0.25) is 0 Å². The number of aliphatic hydroxyl groups is 3. The second kappa shape index (κ2) is 4.62. The van der Waals surface area contributed by atoms with Crippen LogP contribution in [-0.2, 0) is 9.53 Å². The minimum Gasteiger partial charge on any atom is -0.388 e. The molecule has 0 aromatic rings. The van der Waals surface area contributed by atoms with E-state index in [1.165, 1.54) is 0 Å². The summed E-state index contributed by atoms with van der Waals surface area (Å²) in [6.45, 7) is 1.80. The molecule has 92 valence electrons. The van der Waals surface area contributed by atoms with Gasteiger partial charge in [0.1, 0.15) is 18.3 Å². The number of thioether (sulfide) groups is 1. The number of carbonyl (C=O) groups excluding carboxylic acids is 1. The van der Waals surface area contributed by atoms with Crippen molar-refractivity contribution in [1.82, 2.24) is 0 Å². The molecule has 0 spiro atoms. The smallest absolute Gasteiger partial charge is 0.189 e. The minimum atomic E-state index is -1.19. The summed E-state index contributed by atoms with van der Waals surface area (Å²) in [7, 11) is 0. The molecule has 6 atom stereocenters. The van der Waals surface area contributed by atoms with Gasteiger partial charge in [-0.2, -0.15) is 0 Å². The van der Waals surface area contributed by atoms with Crippen molar-refractivity contribution in [1.29, 1.82) is 0 Å². The molecule has 2 aliphatic heterocycles. The summed E-state index contributed by atoms with van der Waals surface area (Å²) in [5.74, 6) is 0.174. The van der Waals surface area contributed by atoms with Gasteiger partial charge in [0.25, 0.3) is 0 Å². The number of hydrogen-bond acceptors (Lipinski definition) is 6. The highest BCUT2D eigenvalue weighted by Gasteiger charge is 2.46. The highest BCUT2D eigenvalue weighted by Crippen LogP contribution is 2.32. The molecule has 0 saturated carbocycles. The van der Waals surface area contributed by atoms with Gasteiger partial charge in [0.05, 0.1) is 12.2 Å². The van der Waals surface area contributed by atoms with Crippen LogP contribution in [0.1, 0.15) is 13.3 Å². The van der Waals surface area contributed by atoms with Crippen molar-refractivity contribution in [3.63, 3.8) is 0 Å². The molecule has 5 nitrogen and oxygen atoms in total. The Morgan fingerprint density at radius 2 is 1.94 bits per heavy atom. The molecule has 4 unspecified atom stereocenters. The highest BCUT2D eigenvalue weighted by molar-refractivity contribution is 8.13. The lowest BCUT2D eigenvalue weighted by Gasteiger charge is -2.43. The minimum absolute atomic E-state index is 0.0431. The molecule has 2 rings (SSSR count). The zero-order valence-corrected chi connectivity index (χ0v) is 9.76. The lowest BCUT2D eigenvalue weighted by atomic mass is 9.87. The number of hydrogen-bond donors (Lipinski definition) is 3. The summed E-state index contributed by atoms with van der Waals surface area (Å²) in [6, 6.07) is 0. The van der Waals surface area contributed by atoms with Gasteiger partial charge in [-0.25, -0.2) is 0 Å². The molecule has 2 aliphatic rings. The van der Waals surface area contributed by atoms with Gasteiger partial charge in [0.2, 0.25) is 0 Å². The quantitative estimate of drug-likeness (QED) is 0.517. The fraction of sp³-hybridized carbons (Fsp3) is 0.900. The second-order valence-corrected chi connectivity index (χ2v) is 5.55. The third-order valence-corrected chi connectivity index (χ3v) is 4.19. The maximum absolute atomic E-state index is 11.5. The van der Waals surface area contributed by atoms with Crippen molar-refractivity contribution in [2.45, 2.75) is 43.9 Å². The summed E-state index contributed by atoms with van der Waals surface area (Å²) < 4.78 is 5.55. The highest BCUT2D eigenvalue weighted by atomic mass is 32.2. The molecule has 3 N–H and O–H groups in total. The van der Waals surface area contributed by atoms with Gasteiger partial charge in [-0.3, -0.25) is 4.79 Å². The van der Waals surface area contributed by atoms with Crippen LogP contribution in [0.15, 0.2) is 0 Å². The van der Waals surface area contributed by atoms with Crippen molar-refractivity contribution < 1.29 is 24.9 Å². The Balaban J connectivity index is 2.20. The molecule has 0 amide bonds. The van der Waals surface area contributed by atoms with E-state index in [9.17, 15) is 20.1 Å². The lowest BCUT2D eigenvalue weighted by Crippen LogP contribution is -2.60. The summed E-state index contributed by atoms with van der Waals surface area (Å²) in [5, 5.41) is 29.2. The maximum Gasteiger partial charge on any atom is 0.189 e. The Kier molecular flexibility index (Phi) is 3.56. The maximum atomic E-state index is 11.5. The molecule has 6 heteroatoms. The summed E-state index contributed by atoms with van der Waals surface area (Å²) in [4.78, 5) is 11.5. The van der Waals surface area contributed by atoms with E-state index < -0.39 is 30.5 Å². The Morgan fingerprint density at radius 3 is 2.62 bits per heavy atom. The zero-order valence-electron chi connectivity index (χ0n) is 8.94. The van der Waals surface area contributed by atoms with E-state index in [1.54, 1.807) is 6.92 Å². The summed E-state index contributed by atoms with van der Waals surface area (Å²) in [6.07, 6.45) is -4.29. The Morgan fingerprint density at radius 1 is 1.25 bits per heavy atom. The normalized spacial score (nSPS) is 49.6.